The lowest BCUT2D eigenvalue weighted by atomic mass is 9.80. The molecule has 3 rings (SSSR count). The van der Waals surface area contributed by atoms with Gasteiger partial charge >= 0.3 is 0 Å². The summed E-state index contributed by atoms with van der Waals surface area (Å²) in [7, 11) is 0. The van der Waals surface area contributed by atoms with Crippen molar-refractivity contribution in [2.75, 3.05) is 19.6 Å². The van der Waals surface area contributed by atoms with Gasteiger partial charge in [-0.1, -0.05) is 46.2 Å². The molecule has 0 aromatic rings. The van der Waals surface area contributed by atoms with Gasteiger partial charge in [-0.25, -0.2) is 13.8 Å². The molecule has 10 nitrogen and oxygen atoms in total. The molecule has 1 saturated carbocycles. The first kappa shape index (κ1) is 30.0. The molecule has 2 heterocycles. The Morgan fingerprint density at radius 2 is 1.89 bits per heavy atom. The van der Waals surface area contributed by atoms with Gasteiger partial charge in [0, 0.05) is 13.1 Å². The Bertz CT molecular complexity index is 991. The number of carbonyl (C=O) groups is 5. The van der Waals surface area contributed by atoms with Crippen molar-refractivity contribution in [3.63, 3.8) is 0 Å². The molecule has 5 amide bonds. The van der Waals surface area contributed by atoms with Gasteiger partial charge in [-0.05, 0) is 42.4 Å². The van der Waals surface area contributed by atoms with Crippen LogP contribution in [0, 0.1) is 28.6 Å². The lowest BCUT2D eigenvalue weighted by molar-refractivity contribution is -0.151. The van der Waals surface area contributed by atoms with Crippen molar-refractivity contribution in [1.82, 2.24) is 26.0 Å². The van der Waals surface area contributed by atoms with Crippen LogP contribution < -0.4 is 16.1 Å². The quantitative estimate of drug-likeness (QED) is 0.289. The van der Waals surface area contributed by atoms with E-state index in [0.717, 1.165) is 6.92 Å². The largest absolute Gasteiger partial charge is 0.356 e. The summed E-state index contributed by atoms with van der Waals surface area (Å²) in [6.07, 6.45) is -0.962. The van der Waals surface area contributed by atoms with E-state index < -0.39 is 58.8 Å². The Balaban J connectivity index is 1.88. The Morgan fingerprint density at radius 1 is 1.26 bits per heavy atom. The van der Waals surface area contributed by atoms with Gasteiger partial charge in [0.25, 0.3) is 23.4 Å². The molecule has 38 heavy (non-hydrogen) atoms. The van der Waals surface area contributed by atoms with Crippen LogP contribution in [0.25, 0.3) is 0 Å². The molecule has 3 aliphatic rings. The highest BCUT2D eigenvalue weighted by atomic mass is 35.5. The van der Waals surface area contributed by atoms with E-state index in [9.17, 15) is 32.8 Å². The van der Waals surface area contributed by atoms with Crippen molar-refractivity contribution in [3.8, 4) is 0 Å². The van der Waals surface area contributed by atoms with Gasteiger partial charge in [-0.15, -0.1) is 0 Å². The van der Waals surface area contributed by atoms with Crippen LogP contribution in [0.1, 0.15) is 54.4 Å². The number of nitrogens with one attached hydrogen (secondary N) is 3. The Labute approximate surface area is 226 Å². The molecule has 0 aromatic heterocycles. The van der Waals surface area contributed by atoms with E-state index in [-0.39, 0.29) is 36.2 Å². The second-order valence-electron chi connectivity index (χ2n) is 11.8. The summed E-state index contributed by atoms with van der Waals surface area (Å²) >= 11 is 5.39. The Hall–Kier alpha value is -2.50. The number of nitrogens with zero attached hydrogens (tertiary/aromatic N) is 2. The monoisotopic (exact) mass is 561 g/mol. The summed E-state index contributed by atoms with van der Waals surface area (Å²) in [4.78, 5) is 65.6. The van der Waals surface area contributed by atoms with Crippen LogP contribution in [0.5, 0.6) is 0 Å². The van der Waals surface area contributed by atoms with Crippen LogP contribution >= 0.6 is 11.6 Å². The van der Waals surface area contributed by atoms with E-state index in [2.05, 4.69) is 16.1 Å². The van der Waals surface area contributed by atoms with E-state index >= 15 is 0 Å². The molecule has 2 aliphatic heterocycles. The zero-order valence-electron chi connectivity index (χ0n) is 22.6. The zero-order valence-corrected chi connectivity index (χ0v) is 23.4. The van der Waals surface area contributed by atoms with Gasteiger partial charge in [0.1, 0.15) is 12.1 Å². The number of halogens is 3. The molecule has 214 valence electrons. The van der Waals surface area contributed by atoms with Crippen molar-refractivity contribution >= 4 is 41.1 Å². The van der Waals surface area contributed by atoms with E-state index in [1.165, 1.54) is 4.90 Å². The molecule has 0 aromatic carbocycles. The first-order chi connectivity index (χ1) is 17.5. The minimum Gasteiger partial charge on any atom is -0.356 e. The van der Waals surface area contributed by atoms with Crippen LogP contribution in [0.3, 0.4) is 0 Å². The summed E-state index contributed by atoms with van der Waals surface area (Å²) in [5.74, 6) is -4.68. The minimum atomic E-state index is -2.45. The average molecular weight is 562 g/mol. The molecule has 1 unspecified atom stereocenters. The SMILES string of the molecule is CCC(C)(C)[C@H](NC(=O)C(C)F)C(=O)N1C[C@H]2[C@@H]([C@H]1C(=O)NN(C[C@@H]1CCNC1=O)C(=O)[C@H](F)Cl)C2(C)C. The van der Waals surface area contributed by atoms with Crippen LogP contribution in [-0.4, -0.2) is 83.0 Å². The van der Waals surface area contributed by atoms with Gasteiger partial charge in [0.15, 0.2) is 6.17 Å². The summed E-state index contributed by atoms with van der Waals surface area (Å²) in [6.45, 7) is 10.7. The third-order valence-corrected chi connectivity index (χ3v) is 8.80. The van der Waals surface area contributed by atoms with Crippen molar-refractivity contribution in [3.05, 3.63) is 0 Å². The molecular weight excluding hydrogens is 524 g/mol. The molecule has 0 spiro atoms. The number of likely N-dealkylation sites (tertiary alicyclic amines) is 1. The highest BCUT2D eigenvalue weighted by Gasteiger charge is 2.70. The first-order valence-corrected chi connectivity index (χ1v) is 13.4. The van der Waals surface area contributed by atoms with Crippen LogP contribution in [0.4, 0.5) is 8.78 Å². The van der Waals surface area contributed by atoms with Gasteiger partial charge in [-0.3, -0.25) is 29.4 Å². The molecule has 3 fully saturated rings. The number of amides is 5. The maximum Gasteiger partial charge on any atom is 0.291 e. The van der Waals surface area contributed by atoms with Gasteiger partial charge in [0.2, 0.25) is 11.8 Å². The molecule has 3 N–H and O–H groups in total. The molecule has 0 bridgehead atoms. The lowest BCUT2D eigenvalue weighted by Gasteiger charge is -2.39. The highest BCUT2D eigenvalue weighted by Crippen LogP contribution is 2.65. The standard InChI is InChI=1S/C25H38ClF2N5O5/c1-7-24(3,4)17(30-19(34)12(2)27)22(37)32-11-14-15(25(14,5)6)16(32)21(36)31-33(23(38)18(26)28)10-13-8-9-29-20(13)35/h12-18H,7-11H2,1-6H3,(H,29,35)(H,30,34)(H,31,36)/t12?,13-,14-,15-,16-,17+,18-/m0/s1. The predicted octanol–water partition coefficient (Wildman–Crippen LogP) is 1.28. The molecule has 13 heteroatoms. The van der Waals surface area contributed by atoms with E-state index in [1.807, 2.05) is 20.8 Å². The van der Waals surface area contributed by atoms with Crippen LogP contribution in [0.15, 0.2) is 0 Å². The zero-order chi connectivity index (χ0) is 28.7. The van der Waals surface area contributed by atoms with Crippen molar-refractivity contribution in [2.24, 2.45) is 28.6 Å². The number of piperidine rings is 1. The predicted molar refractivity (Wildman–Crippen MR) is 135 cm³/mol. The van der Waals surface area contributed by atoms with Crippen molar-refractivity contribution in [2.45, 2.75) is 78.3 Å². The van der Waals surface area contributed by atoms with E-state index in [4.69, 9.17) is 11.6 Å². The second-order valence-corrected chi connectivity index (χ2v) is 12.2. The maximum absolute atomic E-state index is 13.8. The fraction of sp³-hybridized carbons (Fsp3) is 0.800. The molecule has 1 aliphatic carbocycles. The Morgan fingerprint density at radius 3 is 2.39 bits per heavy atom. The number of carbonyl (C=O) groups excluding carboxylic acids is 5. The van der Waals surface area contributed by atoms with E-state index in [1.54, 1.807) is 13.8 Å². The number of hydrogen-bond acceptors (Lipinski definition) is 5. The van der Waals surface area contributed by atoms with Crippen LogP contribution in [0.2, 0.25) is 0 Å². The van der Waals surface area contributed by atoms with Gasteiger partial charge in [0.05, 0.1) is 12.5 Å². The summed E-state index contributed by atoms with van der Waals surface area (Å²) in [5.41, 5.74) is -1.07. The van der Waals surface area contributed by atoms with Gasteiger partial charge < -0.3 is 15.5 Å². The molecule has 0 radical (unpaired) electrons. The highest BCUT2D eigenvalue weighted by molar-refractivity contribution is 6.29. The minimum absolute atomic E-state index is 0.0184. The van der Waals surface area contributed by atoms with Crippen molar-refractivity contribution < 1.29 is 32.8 Å². The van der Waals surface area contributed by atoms with Gasteiger partial charge in [-0.2, -0.15) is 0 Å². The summed E-state index contributed by atoms with van der Waals surface area (Å²) in [6, 6.07) is -2.13. The number of rotatable bonds is 9. The number of alkyl halides is 3. The number of hydrogen-bond donors (Lipinski definition) is 3. The maximum atomic E-state index is 13.8. The molecule has 2 saturated heterocycles. The summed E-state index contributed by atoms with van der Waals surface area (Å²) in [5, 5.41) is 5.84. The number of hydrazine groups is 1. The Kier molecular flexibility index (Phi) is 8.65. The fourth-order valence-electron chi connectivity index (χ4n) is 5.58. The van der Waals surface area contributed by atoms with Crippen molar-refractivity contribution in [1.29, 1.82) is 0 Å². The smallest absolute Gasteiger partial charge is 0.291 e. The third-order valence-electron chi connectivity index (χ3n) is 8.61. The number of fused-ring (bicyclic) bond motifs is 1. The second kappa shape index (κ2) is 10.9. The average Bonchev–Trinajstić information content (AvgIpc) is 3.20. The third kappa shape index (κ3) is 5.74. The summed E-state index contributed by atoms with van der Waals surface area (Å²) < 4.78 is 27.5. The van der Waals surface area contributed by atoms with Crippen LogP contribution in [-0.2, 0) is 24.0 Å². The molecule has 7 atom stereocenters. The topological polar surface area (TPSA) is 128 Å². The molecular formula is C25H38ClF2N5O5. The van der Waals surface area contributed by atoms with E-state index in [0.29, 0.717) is 24.4 Å². The lowest BCUT2D eigenvalue weighted by Crippen LogP contribution is -2.62. The first-order valence-electron chi connectivity index (χ1n) is 13.0. The fourth-order valence-corrected chi connectivity index (χ4v) is 5.70. The normalized spacial score (nSPS) is 28.0.